The summed E-state index contributed by atoms with van der Waals surface area (Å²) in [4.78, 5) is 12.2. The summed E-state index contributed by atoms with van der Waals surface area (Å²) in [7, 11) is 0. The molecule has 1 amide bonds. The highest BCUT2D eigenvalue weighted by Gasteiger charge is 2.17. The second-order valence-electron chi connectivity index (χ2n) is 10.5. The van der Waals surface area contributed by atoms with E-state index in [4.69, 9.17) is 0 Å². The van der Waals surface area contributed by atoms with Crippen molar-refractivity contribution < 1.29 is 15.0 Å². The van der Waals surface area contributed by atoms with Crippen molar-refractivity contribution in [2.75, 3.05) is 6.61 Å². The highest BCUT2D eigenvalue weighted by atomic mass is 16.3. The molecule has 0 radical (unpaired) electrons. The fraction of sp³-hybridized carbons (Fsp3) is 0.788. The van der Waals surface area contributed by atoms with Crippen LogP contribution in [0.2, 0.25) is 0 Å². The lowest BCUT2D eigenvalue weighted by atomic mass is 10.1. The minimum atomic E-state index is -0.858. The summed E-state index contributed by atoms with van der Waals surface area (Å²) in [6.07, 6.45) is 36.6. The fourth-order valence-electron chi connectivity index (χ4n) is 4.37. The predicted octanol–water partition coefficient (Wildman–Crippen LogP) is 8.72. The normalized spacial score (nSPS) is 13.7. The van der Waals surface area contributed by atoms with Gasteiger partial charge in [0.2, 0.25) is 5.91 Å². The molecule has 0 bridgehead atoms. The maximum Gasteiger partial charge on any atom is 0.220 e. The van der Waals surface area contributed by atoms with E-state index < -0.39 is 12.1 Å². The Morgan fingerprint density at radius 2 is 1.11 bits per heavy atom. The summed E-state index contributed by atoms with van der Waals surface area (Å²) in [5.74, 6) is -0.0859. The molecule has 0 aliphatic heterocycles. The van der Waals surface area contributed by atoms with E-state index in [0.717, 1.165) is 38.5 Å². The molecule has 0 spiro atoms. The molecule has 216 valence electrons. The van der Waals surface area contributed by atoms with Gasteiger partial charge in [0.15, 0.2) is 0 Å². The number of aliphatic hydroxyl groups excluding tert-OH is 2. The molecule has 0 heterocycles. The molecular weight excluding hydrogens is 458 g/mol. The van der Waals surface area contributed by atoms with Crippen molar-refractivity contribution in [2.24, 2.45) is 0 Å². The van der Waals surface area contributed by atoms with E-state index in [1.807, 2.05) is 6.08 Å². The molecule has 0 aliphatic carbocycles. The van der Waals surface area contributed by atoms with Crippen LogP contribution < -0.4 is 5.32 Å². The number of amides is 1. The largest absolute Gasteiger partial charge is 0.394 e. The highest BCUT2D eigenvalue weighted by molar-refractivity contribution is 5.76. The minimum Gasteiger partial charge on any atom is -0.394 e. The molecular formula is C33H61NO3. The third-order valence-corrected chi connectivity index (χ3v) is 6.83. The van der Waals surface area contributed by atoms with Crippen LogP contribution in [0.1, 0.15) is 149 Å². The molecule has 3 N–H and O–H groups in total. The quantitative estimate of drug-likeness (QED) is 0.0750. The summed E-state index contributed by atoms with van der Waals surface area (Å²) in [5.41, 5.74) is 0. The molecule has 0 aliphatic rings. The van der Waals surface area contributed by atoms with Crippen molar-refractivity contribution in [1.82, 2.24) is 5.32 Å². The molecule has 0 aromatic carbocycles. The molecule has 0 rings (SSSR count). The van der Waals surface area contributed by atoms with Gasteiger partial charge in [0.25, 0.3) is 0 Å². The molecule has 4 heteroatoms. The maximum absolute atomic E-state index is 12.2. The average molecular weight is 520 g/mol. The van der Waals surface area contributed by atoms with Crippen molar-refractivity contribution in [1.29, 1.82) is 0 Å². The van der Waals surface area contributed by atoms with Gasteiger partial charge in [0.1, 0.15) is 0 Å². The van der Waals surface area contributed by atoms with E-state index in [2.05, 4.69) is 43.5 Å². The lowest BCUT2D eigenvalue weighted by molar-refractivity contribution is -0.123. The second kappa shape index (κ2) is 29.2. The van der Waals surface area contributed by atoms with Gasteiger partial charge in [0.05, 0.1) is 18.8 Å². The van der Waals surface area contributed by atoms with Gasteiger partial charge in [-0.2, -0.15) is 0 Å². The summed E-state index contributed by atoms with van der Waals surface area (Å²) >= 11 is 0. The monoisotopic (exact) mass is 519 g/mol. The van der Waals surface area contributed by atoms with Crippen molar-refractivity contribution >= 4 is 5.91 Å². The SMILES string of the molecule is CCC/C=C/CC/C=C/C(O)C(CO)NC(=O)CCCCCCCCC/C=C\CCCCCCCCC. The van der Waals surface area contributed by atoms with Crippen LogP contribution in [-0.4, -0.2) is 34.9 Å². The van der Waals surface area contributed by atoms with E-state index in [9.17, 15) is 15.0 Å². The first-order valence-electron chi connectivity index (χ1n) is 15.7. The Morgan fingerprint density at radius 1 is 0.622 bits per heavy atom. The zero-order valence-electron chi connectivity index (χ0n) is 24.5. The first-order chi connectivity index (χ1) is 18.2. The number of rotatable bonds is 27. The van der Waals surface area contributed by atoms with E-state index in [-0.39, 0.29) is 12.5 Å². The van der Waals surface area contributed by atoms with E-state index >= 15 is 0 Å². The van der Waals surface area contributed by atoms with E-state index in [1.165, 1.54) is 89.9 Å². The zero-order chi connectivity index (χ0) is 27.2. The van der Waals surface area contributed by atoms with Crippen LogP contribution in [0.3, 0.4) is 0 Å². The maximum atomic E-state index is 12.2. The summed E-state index contributed by atoms with van der Waals surface area (Å²) < 4.78 is 0. The Labute approximate surface area is 230 Å². The Morgan fingerprint density at radius 3 is 1.68 bits per heavy atom. The highest BCUT2D eigenvalue weighted by Crippen LogP contribution is 2.12. The minimum absolute atomic E-state index is 0.0859. The molecule has 0 fully saturated rings. The Balaban J connectivity index is 3.61. The number of carbonyl (C=O) groups excluding carboxylic acids is 1. The van der Waals surface area contributed by atoms with Crippen molar-refractivity contribution in [2.45, 2.75) is 161 Å². The first-order valence-corrected chi connectivity index (χ1v) is 15.7. The molecule has 37 heavy (non-hydrogen) atoms. The molecule has 0 saturated carbocycles. The average Bonchev–Trinajstić information content (AvgIpc) is 2.90. The Hall–Kier alpha value is -1.39. The fourth-order valence-corrected chi connectivity index (χ4v) is 4.37. The van der Waals surface area contributed by atoms with Gasteiger partial charge in [-0.15, -0.1) is 0 Å². The lowest BCUT2D eigenvalue weighted by Crippen LogP contribution is -2.45. The Kier molecular flexibility index (Phi) is 28.1. The number of hydrogen-bond acceptors (Lipinski definition) is 3. The number of aliphatic hydroxyl groups is 2. The van der Waals surface area contributed by atoms with E-state index in [0.29, 0.717) is 6.42 Å². The topological polar surface area (TPSA) is 69.6 Å². The predicted molar refractivity (Wildman–Crippen MR) is 161 cm³/mol. The zero-order valence-corrected chi connectivity index (χ0v) is 24.5. The molecule has 2 unspecified atom stereocenters. The van der Waals surface area contributed by atoms with Crippen LogP contribution in [-0.2, 0) is 4.79 Å². The van der Waals surface area contributed by atoms with Crippen LogP contribution >= 0.6 is 0 Å². The van der Waals surface area contributed by atoms with Crippen LogP contribution in [0.5, 0.6) is 0 Å². The third kappa shape index (κ3) is 26.0. The second-order valence-corrected chi connectivity index (χ2v) is 10.5. The summed E-state index contributed by atoms with van der Waals surface area (Å²) in [6.45, 7) is 4.17. The Bertz CT molecular complexity index is 570. The van der Waals surface area contributed by atoms with Crippen LogP contribution in [0.25, 0.3) is 0 Å². The van der Waals surface area contributed by atoms with Crippen molar-refractivity contribution in [3.05, 3.63) is 36.5 Å². The van der Waals surface area contributed by atoms with Crippen LogP contribution in [0.15, 0.2) is 36.5 Å². The number of hydrogen-bond donors (Lipinski definition) is 3. The van der Waals surface area contributed by atoms with Crippen LogP contribution in [0.4, 0.5) is 0 Å². The molecule has 0 saturated heterocycles. The molecule has 0 aromatic rings. The number of allylic oxidation sites excluding steroid dienone is 5. The van der Waals surface area contributed by atoms with Gasteiger partial charge in [-0.1, -0.05) is 127 Å². The van der Waals surface area contributed by atoms with Gasteiger partial charge in [0, 0.05) is 6.42 Å². The van der Waals surface area contributed by atoms with Gasteiger partial charge in [-0.05, 0) is 51.4 Å². The molecule has 4 nitrogen and oxygen atoms in total. The van der Waals surface area contributed by atoms with Crippen molar-refractivity contribution in [3.63, 3.8) is 0 Å². The standard InChI is InChI=1S/C33H61NO3/c1-3-5-7-9-11-12-13-14-15-16-17-18-19-20-21-23-25-27-29-33(37)34-31(30-35)32(36)28-26-24-22-10-8-6-4-2/h8,10,15-16,26,28,31-32,35-36H,3-7,9,11-14,17-25,27,29-30H2,1-2H3,(H,34,37)/b10-8+,16-15-,28-26+. The number of unbranched alkanes of at least 4 members (excludes halogenated alkanes) is 16. The third-order valence-electron chi connectivity index (χ3n) is 6.83. The van der Waals surface area contributed by atoms with Gasteiger partial charge in [-0.25, -0.2) is 0 Å². The van der Waals surface area contributed by atoms with Gasteiger partial charge < -0.3 is 15.5 Å². The summed E-state index contributed by atoms with van der Waals surface area (Å²) in [5, 5.41) is 22.6. The van der Waals surface area contributed by atoms with Crippen LogP contribution in [0, 0.1) is 0 Å². The van der Waals surface area contributed by atoms with Gasteiger partial charge in [-0.3, -0.25) is 4.79 Å². The van der Waals surface area contributed by atoms with Gasteiger partial charge >= 0.3 is 0 Å². The van der Waals surface area contributed by atoms with Crippen molar-refractivity contribution in [3.8, 4) is 0 Å². The smallest absolute Gasteiger partial charge is 0.220 e. The number of nitrogens with one attached hydrogen (secondary N) is 1. The van der Waals surface area contributed by atoms with E-state index in [1.54, 1.807) is 6.08 Å². The number of carbonyl (C=O) groups is 1. The molecule has 0 aromatic heterocycles. The first kappa shape index (κ1) is 35.6. The lowest BCUT2D eigenvalue weighted by Gasteiger charge is -2.19. The molecule has 2 atom stereocenters. The summed E-state index contributed by atoms with van der Waals surface area (Å²) in [6, 6.07) is -0.635.